The first-order valence-electron chi connectivity index (χ1n) is 7.95. The molecule has 0 amide bonds. The SMILES string of the molecule is COc1cc2c(cc1OC)-c1cc(=O)c(C(=O)O)cn1C1(CNC1)C2. The van der Waals surface area contributed by atoms with Gasteiger partial charge in [0.25, 0.3) is 0 Å². The van der Waals surface area contributed by atoms with Crippen LogP contribution < -0.4 is 20.2 Å². The Morgan fingerprint density at radius 1 is 1.20 bits per heavy atom. The second kappa shape index (κ2) is 5.35. The molecule has 1 spiro atoms. The number of methoxy groups -OCH3 is 2. The molecule has 2 aliphatic rings. The molecular weight excluding hydrogens is 324 g/mol. The van der Waals surface area contributed by atoms with E-state index in [9.17, 15) is 14.7 Å². The lowest BCUT2D eigenvalue weighted by Crippen LogP contribution is -2.63. The zero-order valence-corrected chi connectivity index (χ0v) is 14.0. The van der Waals surface area contributed by atoms with Crippen LogP contribution in [-0.2, 0) is 12.0 Å². The number of carboxylic acid groups (broad SMARTS) is 1. The number of hydrogen-bond donors (Lipinski definition) is 2. The average molecular weight is 342 g/mol. The van der Waals surface area contributed by atoms with Crippen LogP contribution in [0.15, 0.2) is 29.2 Å². The van der Waals surface area contributed by atoms with Crippen LogP contribution in [0.3, 0.4) is 0 Å². The summed E-state index contributed by atoms with van der Waals surface area (Å²) in [5.74, 6) is 0.00715. The Hall–Kier alpha value is -2.80. The minimum atomic E-state index is -1.21. The highest BCUT2D eigenvalue weighted by Crippen LogP contribution is 2.44. The quantitative estimate of drug-likeness (QED) is 0.868. The number of pyridine rings is 1. The summed E-state index contributed by atoms with van der Waals surface area (Å²) in [6.45, 7) is 1.44. The van der Waals surface area contributed by atoms with Crippen molar-refractivity contribution < 1.29 is 19.4 Å². The van der Waals surface area contributed by atoms with Crippen LogP contribution in [0, 0.1) is 0 Å². The summed E-state index contributed by atoms with van der Waals surface area (Å²) < 4.78 is 12.7. The Morgan fingerprint density at radius 2 is 1.88 bits per heavy atom. The highest BCUT2D eigenvalue weighted by atomic mass is 16.5. The third kappa shape index (κ3) is 2.16. The van der Waals surface area contributed by atoms with Gasteiger partial charge >= 0.3 is 5.97 Å². The van der Waals surface area contributed by atoms with Crippen LogP contribution in [0.5, 0.6) is 11.5 Å². The number of fused-ring (bicyclic) bond motifs is 4. The zero-order valence-electron chi connectivity index (χ0n) is 14.0. The Morgan fingerprint density at radius 3 is 2.44 bits per heavy atom. The molecule has 2 N–H and O–H groups in total. The number of aromatic nitrogens is 1. The molecule has 25 heavy (non-hydrogen) atoms. The number of ether oxygens (including phenoxy) is 2. The summed E-state index contributed by atoms with van der Waals surface area (Å²) in [5, 5.41) is 12.6. The minimum absolute atomic E-state index is 0.209. The van der Waals surface area contributed by atoms with E-state index in [1.165, 1.54) is 12.3 Å². The third-order valence-corrected chi connectivity index (χ3v) is 5.11. The summed E-state index contributed by atoms with van der Waals surface area (Å²) >= 11 is 0. The van der Waals surface area contributed by atoms with Gasteiger partial charge in [-0.15, -0.1) is 0 Å². The maximum Gasteiger partial charge on any atom is 0.341 e. The van der Waals surface area contributed by atoms with Crippen molar-refractivity contribution in [2.45, 2.75) is 12.0 Å². The molecule has 0 aliphatic carbocycles. The van der Waals surface area contributed by atoms with Gasteiger partial charge in [0.15, 0.2) is 16.9 Å². The van der Waals surface area contributed by atoms with E-state index < -0.39 is 11.4 Å². The summed E-state index contributed by atoms with van der Waals surface area (Å²) in [5.41, 5.74) is 1.66. The van der Waals surface area contributed by atoms with Gasteiger partial charge in [-0.2, -0.15) is 0 Å². The molecule has 3 heterocycles. The van der Waals surface area contributed by atoms with Crippen molar-refractivity contribution in [3.63, 3.8) is 0 Å². The normalized spacial score (nSPS) is 16.6. The van der Waals surface area contributed by atoms with Gasteiger partial charge in [-0.1, -0.05) is 0 Å². The van der Waals surface area contributed by atoms with Gasteiger partial charge in [0.05, 0.1) is 25.5 Å². The molecule has 0 unspecified atom stereocenters. The average Bonchev–Trinajstić information content (AvgIpc) is 2.57. The number of hydrogen-bond acceptors (Lipinski definition) is 5. The molecule has 7 nitrogen and oxygen atoms in total. The van der Waals surface area contributed by atoms with Crippen molar-refractivity contribution in [3.05, 3.63) is 45.7 Å². The lowest BCUT2D eigenvalue weighted by Gasteiger charge is -2.49. The van der Waals surface area contributed by atoms with Gasteiger partial charge in [0, 0.05) is 30.9 Å². The first-order valence-corrected chi connectivity index (χ1v) is 7.95. The topological polar surface area (TPSA) is 89.8 Å². The Labute approximate surface area is 143 Å². The predicted molar refractivity (Wildman–Crippen MR) is 90.7 cm³/mol. The van der Waals surface area contributed by atoms with E-state index in [-0.39, 0.29) is 11.1 Å². The van der Waals surface area contributed by atoms with Crippen LogP contribution in [0.1, 0.15) is 15.9 Å². The first kappa shape index (κ1) is 15.7. The maximum absolute atomic E-state index is 12.3. The number of aromatic carboxylic acids is 1. The molecule has 1 fully saturated rings. The maximum atomic E-state index is 12.3. The van der Waals surface area contributed by atoms with E-state index in [0.29, 0.717) is 17.2 Å². The number of carbonyl (C=O) groups is 1. The number of nitrogens with one attached hydrogen (secondary N) is 1. The minimum Gasteiger partial charge on any atom is -0.493 e. The van der Waals surface area contributed by atoms with E-state index in [4.69, 9.17) is 9.47 Å². The van der Waals surface area contributed by atoms with E-state index in [2.05, 4.69) is 5.32 Å². The number of carboxylic acids is 1. The Kier molecular flexibility index (Phi) is 3.36. The van der Waals surface area contributed by atoms with Gasteiger partial charge in [0.1, 0.15) is 5.56 Å². The molecule has 1 aromatic carbocycles. The fraction of sp³-hybridized carbons (Fsp3) is 0.333. The van der Waals surface area contributed by atoms with Crippen LogP contribution in [-0.4, -0.2) is 43.0 Å². The lowest BCUT2D eigenvalue weighted by atomic mass is 9.78. The monoisotopic (exact) mass is 342 g/mol. The molecule has 2 aliphatic heterocycles. The molecule has 2 aromatic rings. The standard InChI is InChI=1S/C18H18N2O5/c1-24-15-3-10-6-18(8-19-9-18)20-7-12(17(22)23)14(21)5-13(20)11(10)4-16(15)25-2/h3-5,7,19H,6,8-9H2,1-2H3,(H,22,23). The van der Waals surface area contributed by atoms with Crippen molar-refractivity contribution in [3.8, 4) is 22.8 Å². The van der Waals surface area contributed by atoms with Gasteiger partial charge in [-0.3, -0.25) is 4.79 Å². The van der Waals surface area contributed by atoms with Gasteiger partial charge < -0.3 is 24.5 Å². The molecule has 130 valence electrons. The van der Waals surface area contributed by atoms with Gasteiger partial charge in [-0.25, -0.2) is 4.79 Å². The van der Waals surface area contributed by atoms with Crippen LogP contribution in [0.4, 0.5) is 0 Å². The predicted octanol–water partition coefficient (Wildman–Crippen LogP) is 1.09. The molecule has 4 rings (SSSR count). The summed E-state index contributed by atoms with van der Waals surface area (Å²) in [6.07, 6.45) is 2.20. The molecule has 0 radical (unpaired) electrons. The Balaban J connectivity index is 2.01. The second-order valence-corrected chi connectivity index (χ2v) is 6.48. The smallest absolute Gasteiger partial charge is 0.341 e. The van der Waals surface area contributed by atoms with Crippen LogP contribution >= 0.6 is 0 Å². The Bertz CT molecular complexity index is 943. The van der Waals surface area contributed by atoms with Crippen LogP contribution in [0.2, 0.25) is 0 Å². The fourth-order valence-corrected chi connectivity index (χ4v) is 3.75. The molecule has 1 aromatic heterocycles. The van der Waals surface area contributed by atoms with Crippen molar-refractivity contribution in [2.24, 2.45) is 0 Å². The van der Waals surface area contributed by atoms with Crippen molar-refractivity contribution >= 4 is 5.97 Å². The summed E-state index contributed by atoms with van der Waals surface area (Å²) in [4.78, 5) is 23.7. The summed E-state index contributed by atoms with van der Waals surface area (Å²) in [6, 6.07) is 5.19. The van der Waals surface area contributed by atoms with Crippen molar-refractivity contribution in [2.75, 3.05) is 27.3 Å². The van der Waals surface area contributed by atoms with Crippen LogP contribution in [0.25, 0.3) is 11.3 Å². The number of nitrogens with zero attached hydrogens (tertiary/aromatic N) is 1. The highest BCUT2D eigenvalue weighted by molar-refractivity contribution is 5.88. The van der Waals surface area contributed by atoms with E-state index in [0.717, 1.165) is 30.6 Å². The van der Waals surface area contributed by atoms with E-state index >= 15 is 0 Å². The molecule has 1 saturated heterocycles. The zero-order chi connectivity index (χ0) is 17.8. The number of benzene rings is 1. The molecular formula is C18H18N2O5. The third-order valence-electron chi connectivity index (χ3n) is 5.11. The van der Waals surface area contributed by atoms with Gasteiger partial charge in [0.2, 0.25) is 0 Å². The lowest BCUT2D eigenvalue weighted by molar-refractivity contribution is 0.0692. The second-order valence-electron chi connectivity index (χ2n) is 6.48. The first-order chi connectivity index (χ1) is 12.0. The van der Waals surface area contributed by atoms with Gasteiger partial charge in [-0.05, 0) is 24.1 Å². The molecule has 0 atom stereocenters. The van der Waals surface area contributed by atoms with Crippen molar-refractivity contribution in [1.82, 2.24) is 9.88 Å². The summed E-state index contributed by atoms with van der Waals surface area (Å²) in [7, 11) is 3.15. The number of rotatable bonds is 3. The fourth-order valence-electron chi connectivity index (χ4n) is 3.75. The molecule has 0 saturated carbocycles. The van der Waals surface area contributed by atoms with E-state index in [1.807, 2.05) is 16.7 Å². The van der Waals surface area contributed by atoms with E-state index in [1.54, 1.807) is 14.2 Å². The van der Waals surface area contributed by atoms with Crippen molar-refractivity contribution in [1.29, 1.82) is 0 Å². The highest BCUT2D eigenvalue weighted by Gasteiger charge is 2.43. The molecule has 7 heteroatoms. The largest absolute Gasteiger partial charge is 0.493 e. The molecule has 0 bridgehead atoms.